The average molecular weight is 358 g/mol. The third kappa shape index (κ3) is 2.63. The standard InChI is InChI=1S/C19H18N8/c1-11-4-12(5-13-8-23-14(7-20)9-22-13)6-15(11)19-26-25-17-10-24-18-16(27(17)19)2-3-21-18/h2-3,8-12,15,21H,4-6H2,1H3/t11-,12-,15+/m0/s1. The third-order valence-electron chi connectivity index (χ3n) is 5.60. The van der Waals surface area contributed by atoms with Crippen molar-refractivity contribution in [1.29, 1.82) is 5.26 Å². The fourth-order valence-corrected chi connectivity index (χ4v) is 4.36. The second kappa shape index (κ2) is 6.13. The zero-order chi connectivity index (χ0) is 18.4. The van der Waals surface area contributed by atoms with Crippen molar-refractivity contribution in [3.8, 4) is 6.07 Å². The van der Waals surface area contributed by atoms with E-state index >= 15 is 0 Å². The van der Waals surface area contributed by atoms with Crippen molar-refractivity contribution >= 4 is 16.8 Å². The van der Waals surface area contributed by atoms with Crippen LogP contribution >= 0.6 is 0 Å². The smallest absolute Gasteiger partial charge is 0.179 e. The molecule has 8 heteroatoms. The molecule has 134 valence electrons. The van der Waals surface area contributed by atoms with Gasteiger partial charge in [0.05, 0.1) is 23.6 Å². The van der Waals surface area contributed by atoms with Gasteiger partial charge < -0.3 is 4.98 Å². The molecule has 1 fully saturated rings. The Balaban J connectivity index is 1.43. The molecule has 0 saturated heterocycles. The Bertz CT molecular complexity index is 1150. The van der Waals surface area contributed by atoms with E-state index in [1.54, 1.807) is 18.6 Å². The number of aromatic nitrogens is 7. The number of nitrogens with zero attached hydrogens (tertiary/aromatic N) is 7. The SMILES string of the molecule is C[C@H]1C[C@@H](Cc2cnc(C#N)cn2)C[C@H]1c1nnc2cnc3[nH]ccc3n12. The normalized spacial score (nSPS) is 22.4. The third-order valence-corrected chi connectivity index (χ3v) is 5.60. The second-order valence-electron chi connectivity index (χ2n) is 7.35. The predicted octanol–water partition coefficient (Wildman–Crippen LogP) is 2.64. The minimum Gasteiger partial charge on any atom is -0.345 e. The molecule has 8 nitrogen and oxygen atoms in total. The van der Waals surface area contributed by atoms with Crippen LogP contribution in [0.15, 0.2) is 30.9 Å². The molecule has 1 N–H and O–H groups in total. The lowest BCUT2D eigenvalue weighted by molar-refractivity contribution is 0.498. The van der Waals surface area contributed by atoms with Gasteiger partial charge in [-0.05, 0) is 37.2 Å². The molecule has 4 aromatic rings. The Hall–Kier alpha value is -3.34. The summed E-state index contributed by atoms with van der Waals surface area (Å²) in [5.41, 5.74) is 3.94. The van der Waals surface area contributed by atoms with Gasteiger partial charge in [0, 0.05) is 18.3 Å². The summed E-state index contributed by atoms with van der Waals surface area (Å²) in [6.07, 6.45) is 9.95. The fraction of sp³-hybridized carbons (Fsp3) is 0.368. The van der Waals surface area contributed by atoms with Gasteiger partial charge in [-0.25, -0.2) is 9.97 Å². The van der Waals surface area contributed by atoms with Crippen LogP contribution in [0.1, 0.15) is 42.9 Å². The molecule has 0 aliphatic heterocycles. The molecular formula is C19H18N8. The summed E-state index contributed by atoms with van der Waals surface area (Å²) in [4.78, 5) is 16.1. The van der Waals surface area contributed by atoms with Crippen LogP contribution in [0.25, 0.3) is 16.8 Å². The number of H-pyrrole nitrogens is 1. The summed E-state index contributed by atoms with van der Waals surface area (Å²) in [7, 11) is 0. The molecule has 4 aromatic heterocycles. The molecule has 27 heavy (non-hydrogen) atoms. The van der Waals surface area contributed by atoms with Crippen molar-refractivity contribution in [2.24, 2.45) is 11.8 Å². The predicted molar refractivity (Wildman–Crippen MR) is 97.7 cm³/mol. The first kappa shape index (κ1) is 15.9. The van der Waals surface area contributed by atoms with Crippen LogP contribution in [0.2, 0.25) is 0 Å². The van der Waals surface area contributed by atoms with Crippen molar-refractivity contribution in [2.45, 2.75) is 32.1 Å². The van der Waals surface area contributed by atoms with Crippen LogP contribution in [0.5, 0.6) is 0 Å². The average Bonchev–Trinajstić information content (AvgIpc) is 3.39. The molecule has 0 spiro atoms. The highest BCUT2D eigenvalue weighted by Gasteiger charge is 2.35. The summed E-state index contributed by atoms with van der Waals surface area (Å²) in [5, 5.41) is 17.7. The summed E-state index contributed by atoms with van der Waals surface area (Å²) in [5.74, 6) is 2.38. The Morgan fingerprint density at radius 3 is 2.93 bits per heavy atom. The molecule has 4 heterocycles. The van der Waals surface area contributed by atoms with E-state index in [1.807, 2.05) is 18.3 Å². The minimum atomic E-state index is 0.344. The Kier molecular flexibility index (Phi) is 3.60. The number of hydrogen-bond donors (Lipinski definition) is 1. The first-order valence-electron chi connectivity index (χ1n) is 9.11. The van der Waals surface area contributed by atoms with Gasteiger partial charge in [-0.1, -0.05) is 6.92 Å². The van der Waals surface area contributed by atoms with E-state index < -0.39 is 0 Å². The molecule has 1 saturated carbocycles. The second-order valence-corrected chi connectivity index (χ2v) is 7.35. The highest BCUT2D eigenvalue weighted by Crippen LogP contribution is 2.43. The summed E-state index contributed by atoms with van der Waals surface area (Å²) in [6.45, 7) is 2.28. The van der Waals surface area contributed by atoms with Gasteiger partial charge in [0.2, 0.25) is 0 Å². The van der Waals surface area contributed by atoms with Crippen LogP contribution < -0.4 is 0 Å². The lowest BCUT2D eigenvalue weighted by Gasteiger charge is -2.13. The molecule has 1 aliphatic carbocycles. The van der Waals surface area contributed by atoms with Gasteiger partial charge in [-0.3, -0.25) is 9.38 Å². The van der Waals surface area contributed by atoms with E-state index in [4.69, 9.17) is 5.26 Å². The van der Waals surface area contributed by atoms with Crippen molar-refractivity contribution in [2.75, 3.05) is 0 Å². The van der Waals surface area contributed by atoms with Gasteiger partial charge in [0.15, 0.2) is 17.0 Å². The zero-order valence-electron chi connectivity index (χ0n) is 14.9. The quantitative estimate of drug-likeness (QED) is 0.603. The van der Waals surface area contributed by atoms with Gasteiger partial charge in [0.1, 0.15) is 11.9 Å². The van der Waals surface area contributed by atoms with E-state index in [0.29, 0.717) is 23.4 Å². The topological polar surface area (TPSA) is 108 Å². The van der Waals surface area contributed by atoms with Gasteiger partial charge >= 0.3 is 0 Å². The molecule has 0 radical (unpaired) electrons. The number of fused-ring (bicyclic) bond motifs is 3. The molecule has 3 atom stereocenters. The first-order valence-corrected chi connectivity index (χ1v) is 9.11. The highest BCUT2D eigenvalue weighted by molar-refractivity contribution is 5.74. The van der Waals surface area contributed by atoms with Crippen molar-refractivity contribution in [1.82, 2.24) is 34.5 Å². The molecule has 0 aromatic carbocycles. The van der Waals surface area contributed by atoms with Crippen LogP contribution in [0.3, 0.4) is 0 Å². The maximum absolute atomic E-state index is 8.86. The van der Waals surface area contributed by atoms with E-state index in [-0.39, 0.29) is 0 Å². The highest BCUT2D eigenvalue weighted by atomic mass is 15.3. The van der Waals surface area contributed by atoms with Crippen LogP contribution in [-0.2, 0) is 6.42 Å². The lowest BCUT2D eigenvalue weighted by atomic mass is 9.97. The number of aromatic amines is 1. The molecule has 1 aliphatic rings. The fourth-order valence-electron chi connectivity index (χ4n) is 4.36. The maximum atomic E-state index is 8.86. The molecule has 0 amide bonds. The number of nitriles is 1. The van der Waals surface area contributed by atoms with Gasteiger partial charge in [-0.15, -0.1) is 10.2 Å². The van der Waals surface area contributed by atoms with Crippen LogP contribution in [0.4, 0.5) is 0 Å². The first-order chi connectivity index (χ1) is 13.2. The molecular weight excluding hydrogens is 340 g/mol. The zero-order valence-corrected chi connectivity index (χ0v) is 14.9. The Labute approximate surface area is 155 Å². The summed E-state index contributed by atoms with van der Waals surface area (Å²) >= 11 is 0. The summed E-state index contributed by atoms with van der Waals surface area (Å²) in [6, 6.07) is 4.03. The van der Waals surface area contributed by atoms with E-state index in [1.165, 1.54) is 0 Å². The Morgan fingerprint density at radius 1 is 1.19 bits per heavy atom. The lowest BCUT2D eigenvalue weighted by Crippen LogP contribution is -2.08. The number of hydrogen-bond acceptors (Lipinski definition) is 6. The Morgan fingerprint density at radius 2 is 2.11 bits per heavy atom. The maximum Gasteiger partial charge on any atom is 0.179 e. The largest absolute Gasteiger partial charge is 0.345 e. The van der Waals surface area contributed by atoms with Crippen molar-refractivity contribution < 1.29 is 0 Å². The van der Waals surface area contributed by atoms with Crippen molar-refractivity contribution in [3.05, 3.63) is 48.1 Å². The van der Waals surface area contributed by atoms with E-state index in [2.05, 4.69) is 41.5 Å². The molecule has 0 bridgehead atoms. The van der Waals surface area contributed by atoms with Gasteiger partial charge in [0.25, 0.3) is 0 Å². The molecule has 5 rings (SSSR count). The molecule has 0 unspecified atom stereocenters. The number of nitrogens with one attached hydrogen (secondary N) is 1. The van der Waals surface area contributed by atoms with Crippen molar-refractivity contribution in [3.63, 3.8) is 0 Å². The summed E-state index contributed by atoms with van der Waals surface area (Å²) < 4.78 is 2.13. The van der Waals surface area contributed by atoms with E-state index in [9.17, 15) is 0 Å². The van der Waals surface area contributed by atoms with Crippen LogP contribution in [0, 0.1) is 23.2 Å². The number of rotatable bonds is 3. The monoisotopic (exact) mass is 358 g/mol. The van der Waals surface area contributed by atoms with Gasteiger partial charge in [-0.2, -0.15) is 5.26 Å². The minimum absolute atomic E-state index is 0.344. The van der Waals surface area contributed by atoms with Crippen LogP contribution in [-0.4, -0.2) is 34.5 Å². The van der Waals surface area contributed by atoms with E-state index in [0.717, 1.165) is 47.6 Å².